The smallest absolute Gasteiger partial charge is 0.258 e. The fourth-order valence-corrected chi connectivity index (χ4v) is 2.40. The van der Waals surface area contributed by atoms with Gasteiger partial charge in [-0.1, -0.05) is 28.4 Å². The average molecular weight is 321 g/mol. The van der Waals surface area contributed by atoms with Crippen molar-refractivity contribution in [2.24, 2.45) is 0 Å². The van der Waals surface area contributed by atoms with Crippen LogP contribution in [-0.4, -0.2) is 17.3 Å². The minimum absolute atomic E-state index is 0.366. The molecule has 1 heterocycles. The summed E-state index contributed by atoms with van der Waals surface area (Å²) in [4.78, 5) is 4.35. The van der Waals surface area contributed by atoms with E-state index in [0.29, 0.717) is 27.3 Å². The molecule has 0 radical (unpaired) electrons. The summed E-state index contributed by atoms with van der Waals surface area (Å²) in [6.45, 7) is 0. The molecule has 0 aliphatic carbocycles. The van der Waals surface area contributed by atoms with Gasteiger partial charge in [-0.3, -0.25) is 0 Å². The number of hydrogen-bond donors (Lipinski definition) is 0. The van der Waals surface area contributed by atoms with Crippen LogP contribution in [0, 0.1) is 0 Å². The first-order valence-corrected chi connectivity index (χ1v) is 6.86. The first-order chi connectivity index (χ1) is 10.2. The van der Waals surface area contributed by atoms with E-state index in [1.807, 2.05) is 24.3 Å². The SMILES string of the molecule is COc1ccc(-c2noc(-c3cc(Cl)cc(Cl)c3)n2)cc1. The van der Waals surface area contributed by atoms with Crippen LogP contribution < -0.4 is 4.74 Å². The number of benzene rings is 2. The van der Waals surface area contributed by atoms with Gasteiger partial charge in [-0.2, -0.15) is 4.98 Å². The van der Waals surface area contributed by atoms with Crippen molar-refractivity contribution in [2.45, 2.75) is 0 Å². The van der Waals surface area contributed by atoms with Crippen LogP contribution in [0.15, 0.2) is 47.0 Å². The van der Waals surface area contributed by atoms with Crippen LogP contribution in [0.3, 0.4) is 0 Å². The monoisotopic (exact) mass is 320 g/mol. The third-order valence-electron chi connectivity index (χ3n) is 2.88. The number of hydrogen-bond acceptors (Lipinski definition) is 4. The van der Waals surface area contributed by atoms with Crippen molar-refractivity contribution in [2.75, 3.05) is 7.11 Å². The number of aromatic nitrogens is 2. The van der Waals surface area contributed by atoms with Crippen molar-refractivity contribution in [1.29, 1.82) is 0 Å². The molecular weight excluding hydrogens is 311 g/mol. The molecule has 6 heteroatoms. The molecule has 0 bridgehead atoms. The second-order valence-electron chi connectivity index (χ2n) is 4.31. The highest BCUT2D eigenvalue weighted by Crippen LogP contribution is 2.28. The fraction of sp³-hybridized carbons (Fsp3) is 0.0667. The van der Waals surface area contributed by atoms with Gasteiger partial charge in [0.1, 0.15) is 5.75 Å². The Labute approximate surface area is 131 Å². The van der Waals surface area contributed by atoms with Crippen molar-refractivity contribution in [3.63, 3.8) is 0 Å². The van der Waals surface area contributed by atoms with Crippen molar-refractivity contribution in [3.8, 4) is 28.6 Å². The molecule has 0 amide bonds. The Balaban J connectivity index is 1.95. The van der Waals surface area contributed by atoms with E-state index in [1.165, 1.54) is 0 Å². The predicted molar refractivity (Wildman–Crippen MR) is 81.7 cm³/mol. The van der Waals surface area contributed by atoms with E-state index in [4.69, 9.17) is 32.5 Å². The zero-order chi connectivity index (χ0) is 14.8. The van der Waals surface area contributed by atoms with Gasteiger partial charge >= 0.3 is 0 Å². The molecular formula is C15H10Cl2N2O2. The highest BCUT2D eigenvalue weighted by atomic mass is 35.5. The van der Waals surface area contributed by atoms with Gasteiger partial charge < -0.3 is 9.26 Å². The van der Waals surface area contributed by atoms with Crippen molar-refractivity contribution < 1.29 is 9.26 Å². The summed E-state index contributed by atoms with van der Waals surface area (Å²) in [7, 11) is 1.62. The number of methoxy groups -OCH3 is 1. The summed E-state index contributed by atoms with van der Waals surface area (Å²) in [5.74, 6) is 1.62. The van der Waals surface area contributed by atoms with E-state index in [9.17, 15) is 0 Å². The van der Waals surface area contributed by atoms with E-state index in [-0.39, 0.29) is 0 Å². The quantitative estimate of drug-likeness (QED) is 0.700. The number of halogens is 2. The number of nitrogens with zero attached hydrogens (tertiary/aromatic N) is 2. The molecule has 106 valence electrons. The Kier molecular flexibility index (Phi) is 3.82. The number of rotatable bonds is 3. The number of ether oxygens (including phenoxy) is 1. The molecule has 0 unspecified atom stereocenters. The Morgan fingerprint density at radius 1 is 0.952 bits per heavy atom. The molecule has 0 aliphatic heterocycles. The summed E-state index contributed by atoms with van der Waals surface area (Å²) >= 11 is 11.9. The van der Waals surface area contributed by atoms with E-state index >= 15 is 0 Å². The van der Waals surface area contributed by atoms with Gasteiger partial charge in [0.2, 0.25) is 5.82 Å². The Bertz CT molecular complexity index is 749. The second kappa shape index (κ2) is 5.76. The van der Waals surface area contributed by atoms with Crippen molar-refractivity contribution >= 4 is 23.2 Å². The van der Waals surface area contributed by atoms with Gasteiger partial charge in [-0.25, -0.2) is 0 Å². The fourth-order valence-electron chi connectivity index (χ4n) is 1.88. The van der Waals surface area contributed by atoms with Crippen molar-refractivity contribution in [3.05, 3.63) is 52.5 Å². The molecule has 0 spiro atoms. The molecule has 21 heavy (non-hydrogen) atoms. The van der Waals surface area contributed by atoms with Crippen molar-refractivity contribution in [1.82, 2.24) is 10.1 Å². The molecule has 3 rings (SSSR count). The minimum Gasteiger partial charge on any atom is -0.497 e. The van der Waals surface area contributed by atoms with Gasteiger partial charge in [0.25, 0.3) is 5.89 Å². The van der Waals surface area contributed by atoms with E-state index in [1.54, 1.807) is 25.3 Å². The molecule has 3 aromatic rings. The lowest BCUT2D eigenvalue weighted by Crippen LogP contribution is -1.84. The summed E-state index contributed by atoms with van der Waals surface area (Å²) < 4.78 is 10.4. The van der Waals surface area contributed by atoms with Crippen LogP contribution in [0.5, 0.6) is 5.75 Å². The van der Waals surface area contributed by atoms with Crippen LogP contribution in [0.4, 0.5) is 0 Å². The maximum absolute atomic E-state index is 5.97. The maximum Gasteiger partial charge on any atom is 0.258 e. The van der Waals surface area contributed by atoms with Gasteiger partial charge in [0.05, 0.1) is 7.11 Å². The summed E-state index contributed by atoms with van der Waals surface area (Å²) in [5.41, 5.74) is 1.51. The van der Waals surface area contributed by atoms with Crippen LogP contribution in [0.25, 0.3) is 22.8 Å². The normalized spacial score (nSPS) is 10.6. The molecule has 1 aromatic heterocycles. The third kappa shape index (κ3) is 3.01. The highest BCUT2D eigenvalue weighted by Gasteiger charge is 2.12. The summed E-state index contributed by atoms with van der Waals surface area (Å²) in [5, 5.41) is 5.00. The van der Waals surface area contributed by atoms with Crippen LogP contribution in [0.1, 0.15) is 0 Å². The average Bonchev–Trinajstić information content (AvgIpc) is 2.96. The molecule has 2 aromatic carbocycles. The molecule has 0 fully saturated rings. The first kappa shape index (κ1) is 13.9. The van der Waals surface area contributed by atoms with Crippen LogP contribution in [0.2, 0.25) is 10.0 Å². The minimum atomic E-state index is 0.366. The predicted octanol–water partition coefficient (Wildman–Crippen LogP) is 4.72. The molecule has 0 N–H and O–H groups in total. The highest BCUT2D eigenvalue weighted by molar-refractivity contribution is 6.35. The van der Waals surface area contributed by atoms with Gasteiger partial charge in [0, 0.05) is 21.2 Å². The third-order valence-corrected chi connectivity index (χ3v) is 3.32. The maximum atomic E-state index is 5.97. The lowest BCUT2D eigenvalue weighted by Gasteiger charge is -1.99. The van der Waals surface area contributed by atoms with Gasteiger partial charge in [0.15, 0.2) is 0 Å². The Morgan fingerprint density at radius 3 is 2.24 bits per heavy atom. The van der Waals surface area contributed by atoms with Crippen LogP contribution in [-0.2, 0) is 0 Å². The molecule has 0 aliphatic rings. The molecule has 0 saturated heterocycles. The summed E-state index contributed by atoms with van der Waals surface area (Å²) in [6, 6.07) is 12.5. The zero-order valence-corrected chi connectivity index (χ0v) is 12.5. The topological polar surface area (TPSA) is 48.2 Å². The van der Waals surface area contributed by atoms with E-state index in [2.05, 4.69) is 10.1 Å². The van der Waals surface area contributed by atoms with Gasteiger partial charge in [-0.05, 0) is 42.5 Å². The Hall–Kier alpha value is -2.04. The lowest BCUT2D eigenvalue weighted by atomic mass is 10.2. The van der Waals surface area contributed by atoms with E-state index in [0.717, 1.165) is 11.3 Å². The summed E-state index contributed by atoms with van der Waals surface area (Å²) in [6.07, 6.45) is 0. The zero-order valence-electron chi connectivity index (χ0n) is 11.0. The largest absolute Gasteiger partial charge is 0.497 e. The first-order valence-electron chi connectivity index (χ1n) is 6.10. The van der Waals surface area contributed by atoms with Crippen LogP contribution >= 0.6 is 23.2 Å². The second-order valence-corrected chi connectivity index (χ2v) is 5.18. The van der Waals surface area contributed by atoms with E-state index < -0.39 is 0 Å². The molecule has 0 saturated carbocycles. The van der Waals surface area contributed by atoms with Gasteiger partial charge in [-0.15, -0.1) is 0 Å². The standard InChI is InChI=1S/C15H10Cl2N2O2/c1-20-13-4-2-9(3-5-13)14-18-15(21-19-14)10-6-11(16)8-12(17)7-10/h2-8H,1H3. The molecule has 4 nitrogen and oxygen atoms in total. The Morgan fingerprint density at radius 2 is 1.62 bits per heavy atom. The molecule has 0 atom stereocenters. The lowest BCUT2D eigenvalue weighted by molar-refractivity contribution is 0.415.